The van der Waals surface area contributed by atoms with Gasteiger partial charge in [0.25, 0.3) is 10.1 Å². The van der Waals surface area contributed by atoms with Gasteiger partial charge in [-0.1, -0.05) is 68.8 Å². The van der Waals surface area contributed by atoms with Crippen LogP contribution in [0.3, 0.4) is 0 Å². The lowest BCUT2D eigenvalue weighted by Crippen LogP contribution is -2.37. The molecule has 0 saturated heterocycles. The summed E-state index contributed by atoms with van der Waals surface area (Å²) < 4.78 is 43.9. The number of fused-ring (bicyclic) bond motifs is 1. The number of benzene rings is 2. The fourth-order valence-electron chi connectivity index (χ4n) is 4.44. The van der Waals surface area contributed by atoms with Crippen LogP contribution in [0.25, 0.3) is 34.0 Å². The van der Waals surface area contributed by atoms with Crippen LogP contribution in [0.4, 0.5) is 15.9 Å². The first-order valence-corrected chi connectivity index (χ1v) is 14.1. The van der Waals surface area contributed by atoms with Gasteiger partial charge in [0.15, 0.2) is 5.82 Å². The zero-order valence-corrected chi connectivity index (χ0v) is 22.9. The fraction of sp³-hybridized carbons (Fsp3) is 0.259. The molecule has 3 heterocycles. The van der Waals surface area contributed by atoms with Crippen molar-refractivity contribution in [3.8, 4) is 34.0 Å². The number of hydroxylamine groups is 1. The average molecular weight is 556 g/mol. The van der Waals surface area contributed by atoms with Crippen molar-refractivity contribution in [3.63, 3.8) is 0 Å². The Morgan fingerprint density at radius 2 is 1.79 bits per heavy atom. The lowest BCUT2D eigenvalue weighted by atomic mass is 9.96. The van der Waals surface area contributed by atoms with Crippen LogP contribution >= 0.6 is 11.6 Å². The van der Waals surface area contributed by atoms with Crippen LogP contribution in [0.2, 0.25) is 5.02 Å². The number of nitrogens with one attached hydrogen (secondary N) is 1. The molecule has 1 aliphatic heterocycles. The predicted molar refractivity (Wildman–Crippen MR) is 148 cm³/mol. The number of hydrogen-bond donors (Lipinski definition) is 1. The van der Waals surface area contributed by atoms with Crippen molar-refractivity contribution in [2.24, 2.45) is 5.41 Å². The molecule has 0 spiro atoms. The molecule has 38 heavy (non-hydrogen) atoms. The van der Waals surface area contributed by atoms with Crippen molar-refractivity contribution in [2.45, 2.75) is 20.8 Å². The van der Waals surface area contributed by atoms with Gasteiger partial charge in [-0.2, -0.15) is 8.42 Å². The summed E-state index contributed by atoms with van der Waals surface area (Å²) in [4.78, 5) is 14.9. The molecule has 198 valence electrons. The summed E-state index contributed by atoms with van der Waals surface area (Å²) >= 11 is 6.35. The number of halogens is 2. The van der Waals surface area contributed by atoms with Gasteiger partial charge in [0.1, 0.15) is 24.0 Å². The van der Waals surface area contributed by atoms with Crippen LogP contribution < -0.4 is 9.96 Å². The molecule has 1 N–H and O–H groups in total. The summed E-state index contributed by atoms with van der Waals surface area (Å²) in [7, 11) is -3.75. The van der Waals surface area contributed by atoms with Gasteiger partial charge >= 0.3 is 0 Å². The van der Waals surface area contributed by atoms with Crippen molar-refractivity contribution < 1.29 is 17.1 Å². The van der Waals surface area contributed by atoms with E-state index in [-0.39, 0.29) is 28.5 Å². The normalized spacial score (nSPS) is 13.7. The maximum Gasteiger partial charge on any atom is 0.285 e. The highest BCUT2D eigenvalue weighted by molar-refractivity contribution is 7.86. The Kier molecular flexibility index (Phi) is 6.66. The number of aromatic nitrogens is 3. The average Bonchev–Trinajstić information content (AvgIpc) is 3.39. The molecule has 0 amide bonds. The van der Waals surface area contributed by atoms with E-state index in [1.54, 1.807) is 24.3 Å². The molecule has 8 nitrogen and oxygen atoms in total. The summed E-state index contributed by atoms with van der Waals surface area (Å²) in [5, 5.41) is 1.56. The van der Waals surface area contributed by atoms with Crippen molar-refractivity contribution >= 4 is 33.2 Å². The number of anilines is 2. The molecule has 5 rings (SSSR count). The van der Waals surface area contributed by atoms with Gasteiger partial charge in [0.05, 0.1) is 33.9 Å². The highest BCUT2D eigenvalue weighted by atomic mass is 35.5. The van der Waals surface area contributed by atoms with Crippen LogP contribution in [-0.4, -0.2) is 42.8 Å². The van der Waals surface area contributed by atoms with Crippen LogP contribution in [-0.2, 0) is 14.4 Å². The highest BCUT2D eigenvalue weighted by Gasteiger charge is 2.33. The second kappa shape index (κ2) is 9.68. The van der Waals surface area contributed by atoms with Gasteiger partial charge in [-0.25, -0.2) is 19.4 Å². The molecule has 0 bridgehead atoms. The molecule has 2 aromatic heterocycles. The minimum atomic E-state index is -3.75. The third kappa shape index (κ3) is 5.38. The van der Waals surface area contributed by atoms with Crippen molar-refractivity contribution in [2.75, 3.05) is 29.4 Å². The van der Waals surface area contributed by atoms with Crippen LogP contribution in [0, 0.1) is 11.2 Å². The number of aromatic amines is 1. The van der Waals surface area contributed by atoms with E-state index in [1.807, 2.05) is 35.2 Å². The second-order valence-electron chi connectivity index (χ2n) is 10.4. The van der Waals surface area contributed by atoms with Gasteiger partial charge < -0.3 is 9.88 Å². The summed E-state index contributed by atoms with van der Waals surface area (Å²) in [5.41, 5.74) is 3.11. The minimum Gasteiger partial charge on any atom is -0.336 e. The quantitative estimate of drug-likeness (QED) is 0.306. The molecule has 0 atom stereocenters. The van der Waals surface area contributed by atoms with Crippen molar-refractivity contribution in [1.82, 2.24) is 15.0 Å². The van der Waals surface area contributed by atoms with E-state index in [4.69, 9.17) is 25.9 Å². The molecule has 0 unspecified atom stereocenters. The summed E-state index contributed by atoms with van der Waals surface area (Å²) in [6, 6.07) is 17.5. The maximum atomic E-state index is 14.8. The zero-order valence-electron chi connectivity index (χ0n) is 21.4. The Bertz CT molecular complexity index is 1580. The van der Waals surface area contributed by atoms with Crippen molar-refractivity contribution in [1.29, 1.82) is 0 Å². The number of hydrogen-bond acceptors (Lipinski definition) is 7. The molecule has 2 aromatic carbocycles. The predicted octanol–water partition coefficient (Wildman–Crippen LogP) is 6.12. The minimum absolute atomic E-state index is 0.103. The van der Waals surface area contributed by atoms with E-state index < -0.39 is 15.9 Å². The molecule has 11 heteroatoms. The monoisotopic (exact) mass is 555 g/mol. The fourth-order valence-corrected chi connectivity index (χ4v) is 5.14. The molecule has 0 saturated carbocycles. The first-order chi connectivity index (χ1) is 17.9. The van der Waals surface area contributed by atoms with E-state index in [2.05, 4.69) is 25.8 Å². The van der Waals surface area contributed by atoms with E-state index in [9.17, 15) is 12.8 Å². The molecular weight excluding hydrogens is 529 g/mol. The van der Waals surface area contributed by atoms with E-state index in [0.717, 1.165) is 11.8 Å². The number of nitrogens with zero attached hydrogens (tertiary/aromatic N) is 4. The maximum absolute atomic E-state index is 14.8. The Morgan fingerprint density at radius 3 is 2.45 bits per heavy atom. The number of pyridine rings is 1. The van der Waals surface area contributed by atoms with Crippen LogP contribution in [0.15, 0.2) is 60.7 Å². The van der Waals surface area contributed by atoms with Gasteiger partial charge in [-0.3, -0.25) is 0 Å². The second-order valence-corrected chi connectivity index (χ2v) is 12.3. The topological polar surface area (TPSA) is 91.4 Å². The first-order valence-electron chi connectivity index (χ1n) is 11.9. The van der Waals surface area contributed by atoms with Gasteiger partial charge in [-0.05, 0) is 29.7 Å². The molecule has 0 fully saturated rings. The highest BCUT2D eigenvalue weighted by Crippen LogP contribution is 2.41. The number of imidazole rings is 1. The molecule has 1 aliphatic rings. The van der Waals surface area contributed by atoms with E-state index in [0.29, 0.717) is 35.1 Å². The van der Waals surface area contributed by atoms with Crippen molar-refractivity contribution in [3.05, 3.63) is 71.5 Å². The summed E-state index contributed by atoms with van der Waals surface area (Å²) in [6.45, 7) is 7.06. The standard InChI is InChI=1S/C27H27ClFN5O3S/c1-27(2,3)15-33-16-34(37-38(4,35)36)21-14-13-20(30-26(21)33)24-23(17-9-6-5-7-10-17)31-25(32-24)22-18(28)11-8-12-19(22)29/h5-14H,15-16H2,1-4H3,(H,31,32). The van der Waals surface area contributed by atoms with E-state index >= 15 is 0 Å². The van der Waals surface area contributed by atoms with Gasteiger partial charge in [-0.15, -0.1) is 4.28 Å². The smallest absolute Gasteiger partial charge is 0.285 e. The summed E-state index contributed by atoms with van der Waals surface area (Å²) in [5.74, 6) is 0.349. The van der Waals surface area contributed by atoms with Gasteiger partial charge in [0.2, 0.25) is 0 Å². The third-order valence-corrected chi connectivity index (χ3v) is 6.58. The third-order valence-electron chi connectivity index (χ3n) is 5.82. The Morgan fingerprint density at radius 1 is 1.05 bits per heavy atom. The lowest BCUT2D eigenvalue weighted by Gasteiger charge is -2.27. The van der Waals surface area contributed by atoms with E-state index in [1.165, 1.54) is 11.1 Å². The molecule has 0 radical (unpaired) electrons. The largest absolute Gasteiger partial charge is 0.336 e. The number of rotatable bonds is 6. The zero-order chi connectivity index (χ0) is 27.2. The van der Waals surface area contributed by atoms with Gasteiger partial charge in [0, 0.05) is 12.1 Å². The Balaban J connectivity index is 1.67. The first kappa shape index (κ1) is 26.1. The Labute approximate surface area is 226 Å². The molecule has 0 aliphatic carbocycles. The Hall–Kier alpha value is -3.47. The van der Waals surface area contributed by atoms with Crippen LogP contribution in [0.1, 0.15) is 20.8 Å². The van der Waals surface area contributed by atoms with Crippen LogP contribution in [0.5, 0.6) is 0 Å². The summed E-state index contributed by atoms with van der Waals surface area (Å²) in [6.07, 6.45) is 1.01. The molecule has 4 aromatic rings. The molecular formula is C27H27ClFN5O3S. The number of H-pyrrole nitrogens is 1. The SMILES string of the molecule is CC(C)(C)CN1CN(OS(C)(=O)=O)c2ccc(-c3[nH]c(-c4c(F)cccc4Cl)nc3-c3ccccc3)nc21. The lowest BCUT2D eigenvalue weighted by molar-refractivity contribution is 0.288.